The number of methoxy groups -OCH3 is 1. The minimum Gasteiger partial charge on any atom is -0.385 e. The SMILES string of the molecule is [B]C1=C2CCC(OCOCCOCCNCCCCCCOC)CCCC2C(P)=NN1. The first-order valence-corrected chi connectivity index (χ1v) is 12.3. The second-order valence-corrected chi connectivity index (χ2v) is 8.79. The van der Waals surface area contributed by atoms with Gasteiger partial charge in [-0.25, -0.2) is 0 Å². The zero-order valence-corrected chi connectivity index (χ0v) is 20.4. The van der Waals surface area contributed by atoms with Gasteiger partial charge in [-0.1, -0.05) is 27.7 Å². The van der Waals surface area contributed by atoms with Crippen molar-refractivity contribution in [2.75, 3.05) is 53.4 Å². The van der Waals surface area contributed by atoms with Gasteiger partial charge in [0.1, 0.15) is 14.6 Å². The van der Waals surface area contributed by atoms with E-state index >= 15 is 0 Å². The molecule has 0 saturated heterocycles. The molecule has 9 heteroatoms. The maximum atomic E-state index is 6.12. The molecule has 1 fully saturated rings. The van der Waals surface area contributed by atoms with E-state index in [-0.39, 0.29) is 6.10 Å². The maximum Gasteiger partial charge on any atom is 0.147 e. The number of hydrazone groups is 1. The summed E-state index contributed by atoms with van der Waals surface area (Å²) in [5.41, 5.74) is 5.96. The van der Waals surface area contributed by atoms with Gasteiger partial charge in [-0.15, -0.1) is 0 Å². The molecule has 2 aliphatic rings. The number of fused-ring (bicyclic) bond motifs is 1. The van der Waals surface area contributed by atoms with Crippen LogP contribution < -0.4 is 10.7 Å². The number of ether oxygens (including phenoxy) is 4. The lowest BCUT2D eigenvalue weighted by Crippen LogP contribution is -2.29. The molecule has 2 N–H and O–H groups in total. The molecule has 0 amide bonds. The fraction of sp³-hybridized carbons (Fsp3) is 0.864. The zero-order valence-electron chi connectivity index (χ0n) is 19.2. The van der Waals surface area contributed by atoms with Gasteiger partial charge in [0.15, 0.2) is 0 Å². The Labute approximate surface area is 192 Å². The van der Waals surface area contributed by atoms with Gasteiger partial charge in [0.2, 0.25) is 0 Å². The smallest absolute Gasteiger partial charge is 0.147 e. The number of hydrogen-bond acceptors (Lipinski definition) is 7. The van der Waals surface area contributed by atoms with Crippen LogP contribution in [0, 0.1) is 5.92 Å². The summed E-state index contributed by atoms with van der Waals surface area (Å²) in [4.78, 5) is 0. The monoisotopic (exact) mass is 453 g/mol. The highest BCUT2D eigenvalue weighted by Gasteiger charge is 2.26. The predicted octanol–water partition coefficient (Wildman–Crippen LogP) is 2.91. The van der Waals surface area contributed by atoms with Crippen LogP contribution in [0.4, 0.5) is 0 Å². The molecule has 1 aliphatic heterocycles. The van der Waals surface area contributed by atoms with Gasteiger partial charge < -0.3 is 24.3 Å². The molecule has 0 spiro atoms. The van der Waals surface area contributed by atoms with E-state index in [0.717, 1.165) is 63.7 Å². The first-order chi connectivity index (χ1) is 15.2. The standard InChI is InChI=1S/C22H41BN3O4P/c1-27-13-5-3-2-4-11-24-12-14-28-15-16-29-17-30-18-7-6-8-20-19(10-9-18)21(23)25-26-22(20)31/h18,20,24-25H,2-17,31H2,1H3. The van der Waals surface area contributed by atoms with Gasteiger partial charge in [0.25, 0.3) is 0 Å². The van der Waals surface area contributed by atoms with Crippen LogP contribution in [0.1, 0.15) is 57.8 Å². The highest BCUT2D eigenvalue weighted by molar-refractivity contribution is 7.40. The Kier molecular flexibility index (Phi) is 14.7. The van der Waals surface area contributed by atoms with E-state index < -0.39 is 0 Å². The van der Waals surface area contributed by atoms with Crippen LogP contribution in [-0.4, -0.2) is 72.8 Å². The summed E-state index contributed by atoms with van der Waals surface area (Å²) in [6.45, 7) is 4.99. The van der Waals surface area contributed by atoms with E-state index in [0.29, 0.717) is 38.1 Å². The molecule has 176 valence electrons. The first kappa shape index (κ1) is 26.8. The second-order valence-electron chi connectivity index (χ2n) is 8.19. The summed E-state index contributed by atoms with van der Waals surface area (Å²) in [6, 6.07) is 0. The Morgan fingerprint density at radius 1 is 1.03 bits per heavy atom. The highest BCUT2D eigenvalue weighted by Crippen LogP contribution is 2.34. The molecule has 31 heavy (non-hydrogen) atoms. The van der Waals surface area contributed by atoms with Crippen LogP contribution in [0.2, 0.25) is 0 Å². The molecule has 3 unspecified atom stereocenters. The number of rotatable bonds is 16. The van der Waals surface area contributed by atoms with E-state index in [2.05, 4.69) is 25.1 Å². The van der Waals surface area contributed by atoms with Crippen molar-refractivity contribution in [2.24, 2.45) is 11.0 Å². The molecule has 1 saturated carbocycles. The summed E-state index contributed by atoms with van der Waals surface area (Å²) in [7, 11) is 10.6. The minimum atomic E-state index is 0.215. The van der Waals surface area contributed by atoms with Crippen LogP contribution in [0.25, 0.3) is 0 Å². The van der Waals surface area contributed by atoms with Gasteiger partial charge in [0, 0.05) is 26.2 Å². The van der Waals surface area contributed by atoms with Gasteiger partial charge in [-0.05, 0) is 57.1 Å². The van der Waals surface area contributed by atoms with Crippen molar-refractivity contribution in [1.82, 2.24) is 10.7 Å². The molecular formula is C22H41BN3O4P. The van der Waals surface area contributed by atoms with E-state index in [1.165, 1.54) is 24.8 Å². The van der Waals surface area contributed by atoms with Crippen LogP contribution >= 0.6 is 9.24 Å². The molecule has 7 nitrogen and oxygen atoms in total. The lowest BCUT2D eigenvalue weighted by Gasteiger charge is -2.31. The fourth-order valence-corrected chi connectivity index (χ4v) is 4.42. The lowest BCUT2D eigenvalue weighted by molar-refractivity contribution is -0.104. The molecule has 3 atom stereocenters. The Morgan fingerprint density at radius 3 is 2.74 bits per heavy atom. The van der Waals surface area contributed by atoms with E-state index in [1.54, 1.807) is 7.11 Å². The third kappa shape index (κ3) is 11.3. The Balaban J connectivity index is 1.41. The van der Waals surface area contributed by atoms with E-state index in [9.17, 15) is 0 Å². The number of nitrogens with one attached hydrogen (secondary N) is 2. The average molecular weight is 453 g/mol. The summed E-state index contributed by atoms with van der Waals surface area (Å²) in [5, 5.41) is 7.69. The fourth-order valence-electron chi connectivity index (χ4n) is 3.99. The zero-order chi connectivity index (χ0) is 22.2. The molecule has 2 rings (SSSR count). The normalized spacial score (nSPS) is 21.8. The first-order valence-electron chi connectivity index (χ1n) is 11.8. The minimum absolute atomic E-state index is 0.215. The van der Waals surface area contributed by atoms with Crippen LogP contribution in [0.3, 0.4) is 0 Å². The van der Waals surface area contributed by atoms with Crippen molar-refractivity contribution >= 4 is 22.5 Å². The van der Waals surface area contributed by atoms with Crippen LogP contribution in [-0.2, 0) is 18.9 Å². The largest absolute Gasteiger partial charge is 0.385 e. The summed E-state index contributed by atoms with van der Waals surface area (Å²) in [6.07, 6.45) is 10.2. The molecule has 1 heterocycles. The maximum absolute atomic E-state index is 6.12. The molecular weight excluding hydrogens is 412 g/mol. The molecule has 0 aromatic carbocycles. The molecule has 0 aromatic heterocycles. The summed E-state index contributed by atoms with van der Waals surface area (Å²) < 4.78 is 22.2. The van der Waals surface area contributed by atoms with Crippen molar-refractivity contribution in [2.45, 2.75) is 63.9 Å². The number of hydrogen-bond donors (Lipinski definition) is 2. The van der Waals surface area contributed by atoms with E-state index in [1.807, 2.05) is 0 Å². The number of unbranched alkanes of at least 4 members (excludes halogenated alkanes) is 3. The number of allylic oxidation sites excluding steroid dienone is 1. The predicted molar refractivity (Wildman–Crippen MR) is 129 cm³/mol. The van der Waals surface area contributed by atoms with Crippen molar-refractivity contribution in [3.05, 3.63) is 11.2 Å². The molecule has 0 aromatic rings. The van der Waals surface area contributed by atoms with Crippen molar-refractivity contribution in [3.63, 3.8) is 0 Å². The third-order valence-electron chi connectivity index (χ3n) is 5.82. The Morgan fingerprint density at radius 2 is 1.87 bits per heavy atom. The number of nitrogens with zero attached hydrogens (tertiary/aromatic N) is 1. The van der Waals surface area contributed by atoms with Gasteiger partial charge >= 0.3 is 0 Å². The Hall–Kier alpha value is -0.495. The van der Waals surface area contributed by atoms with Gasteiger partial charge in [0.05, 0.1) is 31.4 Å². The summed E-state index contributed by atoms with van der Waals surface area (Å²) in [5.74, 6) is 0.357. The lowest BCUT2D eigenvalue weighted by atomic mass is 9.80. The van der Waals surface area contributed by atoms with Crippen molar-refractivity contribution < 1.29 is 18.9 Å². The molecule has 0 bridgehead atoms. The van der Waals surface area contributed by atoms with Gasteiger partial charge in [-0.2, -0.15) is 5.10 Å². The Bertz CT molecular complexity index is 551. The third-order valence-corrected chi connectivity index (χ3v) is 6.35. The quantitative estimate of drug-likeness (QED) is 0.162. The van der Waals surface area contributed by atoms with Gasteiger partial charge in [-0.3, -0.25) is 5.43 Å². The second kappa shape index (κ2) is 17.0. The van der Waals surface area contributed by atoms with E-state index in [4.69, 9.17) is 26.8 Å². The topological polar surface area (TPSA) is 73.3 Å². The highest BCUT2D eigenvalue weighted by atomic mass is 31.0. The van der Waals surface area contributed by atoms with Crippen molar-refractivity contribution in [3.8, 4) is 0 Å². The van der Waals surface area contributed by atoms with Crippen LogP contribution in [0.15, 0.2) is 16.3 Å². The van der Waals surface area contributed by atoms with Crippen LogP contribution in [0.5, 0.6) is 0 Å². The molecule has 1 aliphatic carbocycles. The van der Waals surface area contributed by atoms with Crippen molar-refractivity contribution in [1.29, 1.82) is 0 Å². The molecule has 2 radical (unpaired) electrons. The average Bonchev–Trinajstić information content (AvgIpc) is 2.75. The summed E-state index contributed by atoms with van der Waals surface area (Å²) >= 11 is 0.